The molecule has 88 valence electrons. The molecule has 0 aliphatic carbocycles. The van der Waals surface area contributed by atoms with Crippen molar-refractivity contribution in [2.24, 2.45) is 0 Å². The zero-order valence-electron chi connectivity index (χ0n) is 9.97. The number of H-pyrrole nitrogens is 1. The van der Waals surface area contributed by atoms with E-state index in [0.717, 1.165) is 42.4 Å². The summed E-state index contributed by atoms with van der Waals surface area (Å²) in [6, 6.07) is 6.36. The third kappa shape index (κ3) is 1.76. The minimum Gasteiger partial charge on any atom is -0.322 e. The third-order valence-corrected chi connectivity index (χ3v) is 3.51. The number of aromatic amines is 1. The molecule has 2 heterocycles. The number of rotatable bonds is 1. The van der Waals surface area contributed by atoms with E-state index < -0.39 is 0 Å². The lowest BCUT2D eigenvalue weighted by atomic mass is 9.98. The Kier molecular flexibility index (Phi) is 2.48. The Bertz CT molecular complexity index is 628. The average Bonchev–Trinajstić information content (AvgIpc) is 2.35. The number of hydrogen-bond donors (Lipinski definition) is 2. The van der Waals surface area contributed by atoms with Crippen molar-refractivity contribution >= 4 is 10.9 Å². The van der Waals surface area contributed by atoms with Gasteiger partial charge in [-0.05, 0) is 54.1 Å². The maximum absolute atomic E-state index is 11.8. The van der Waals surface area contributed by atoms with Crippen molar-refractivity contribution in [2.75, 3.05) is 6.54 Å². The zero-order valence-corrected chi connectivity index (χ0v) is 9.97. The van der Waals surface area contributed by atoms with E-state index in [1.165, 1.54) is 11.1 Å². The quantitative estimate of drug-likeness (QED) is 0.781. The first-order valence-electron chi connectivity index (χ1n) is 6.16. The monoisotopic (exact) mass is 228 g/mol. The Morgan fingerprint density at radius 1 is 1.24 bits per heavy atom. The van der Waals surface area contributed by atoms with Gasteiger partial charge in [0, 0.05) is 17.6 Å². The van der Waals surface area contributed by atoms with Gasteiger partial charge < -0.3 is 10.3 Å². The largest absolute Gasteiger partial charge is 0.322 e. The number of fused-ring (bicyclic) bond motifs is 2. The Balaban J connectivity index is 2.26. The number of pyridine rings is 1. The number of aromatic nitrogens is 1. The summed E-state index contributed by atoms with van der Waals surface area (Å²) in [5.41, 5.74) is 4.58. The van der Waals surface area contributed by atoms with Gasteiger partial charge in [-0.25, -0.2) is 0 Å². The van der Waals surface area contributed by atoms with Crippen molar-refractivity contribution in [3.05, 3.63) is 45.2 Å². The highest BCUT2D eigenvalue weighted by Gasteiger charge is 2.10. The predicted molar refractivity (Wildman–Crippen MR) is 69.4 cm³/mol. The maximum Gasteiger partial charge on any atom is 0.251 e. The lowest BCUT2D eigenvalue weighted by Crippen LogP contribution is -2.23. The van der Waals surface area contributed by atoms with Gasteiger partial charge in [0.05, 0.1) is 0 Å². The van der Waals surface area contributed by atoms with Crippen molar-refractivity contribution in [3.8, 4) is 0 Å². The van der Waals surface area contributed by atoms with Crippen LogP contribution in [0.1, 0.15) is 23.6 Å². The number of nitrogens with one attached hydrogen (secondary N) is 2. The summed E-state index contributed by atoms with van der Waals surface area (Å²) in [6.45, 7) is 3.96. The molecule has 0 saturated heterocycles. The van der Waals surface area contributed by atoms with Gasteiger partial charge in [0.2, 0.25) is 0 Å². The van der Waals surface area contributed by atoms with Crippen LogP contribution >= 0.6 is 0 Å². The second-order valence-corrected chi connectivity index (χ2v) is 4.61. The van der Waals surface area contributed by atoms with Crippen molar-refractivity contribution in [1.29, 1.82) is 0 Å². The molecule has 0 spiro atoms. The molecule has 0 atom stereocenters. The molecule has 0 bridgehead atoms. The predicted octanol–water partition coefficient (Wildman–Crippen LogP) is 1.74. The van der Waals surface area contributed by atoms with Crippen molar-refractivity contribution in [2.45, 2.75) is 26.3 Å². The van der Waals surface area contributed by atoms with E-state index in [2.05, 4.69) is 22.4 Å². The number of aryl methyl sites for hydroxylation is 1. The summed E-state index contributed by atoms with van der Waals surface area (Å²) in [5, 5.41) is 4.51. The number of hydrogen-bond acceptors (Lipinski definition) is 2. The SMILES string of the molecule is CCc1cc2cc3c(cc2[nH]c1=O)CNCC3. The van der Waals surface area contributed by atoms with Crippen LogP contribution in [0, 0.1) is 0 Å². The Morgan fingerprint density at radius 3 is 2.94 bits per heavy atom. The van der Waals surface area contributed by atoms with E-state index in [1.807, 2.05) is 13.0 Å². The molecular formula is C14H16N2O. The molecule has 3 heteroatoms. The van der Waals surface area contributed by atoms with Gasteiger partial charge in [0.25, 0.3) is 5.56 Å². The standard InChI is InChI=1S/C14H16N2O/c1-2-9-5-11-6-10-3-4-15-8-12(10)7-13(11)16-14(9)17/h5-7,15H,2-4,8H2,1H3,(H,16,17). The summed E-state index contributed by atoms with van der Waals surface area (Å²) in [4.78, 5) is 14.7. The fraction of sp³-hybridized carbons (Fsp3) is 0.357. The van der Waals surface area contributed by atoms with E-state index >= 15 is 0 Å². The Labute approximate surface area is 99.9 Å². The van der Waals surface area contributed by atoms with E-state index in [4.69, 9.17) is 0 Å². The van der Waals surface area contributed by atoms with Crippen LogP contribution in [0.5, 0.6) is 0 Å². The van der Waals surface area contributed by atoms with Crippen LogP contribution in [-0.2, 0) is 19.4 Å². The first-order chi connectivity index (χ1) is 8.28. The van der Waals surface area contributed by atoms with E-state index in [-0.39, 0.29) is 5.56 Å². The van der Waals surface area contributed by atoms with Crippen LogP contribution in [0.15, 0.2) is 23.0 Å². The average molecular weight is 228 g/mol. The highest BCUT2D eigenvalue weighted by Crippen LogP contribution is 2.21. The molecule has 1 aromatic heterocycles. The Morgan fingerprint density at radius 2 is 2.12 bits per heavy atom. The van der Waals surface area contributed by atoms with E-state index in [9.17, 15) is 4.79 Å². The van der Waals surface area contributed by atoms with Gasteiger partial charge in [-0.15, -0.1) is 0 Å². The topological polar surface area (TPSA) is 44.9 Å². The van der Waals surface area contributed by atoms with Crippen LogP contribution in [0.25, 0.3) is 10.9 Å². The first kappa shape index (κ1) is 10.5. The molecule has 0 unspecified atom stereocenters. The van der Waals surface area contributed by atoms with Gasteiger partial charge in [-0.1, -0.05) is 6.92 Å². The van der Waals surface area contributed by atoms with Crippen molar-refractivity contribution in [1.82, 2.24) is 10.3 Å². The molecule has 3 nitrogen and oxygen atoms in total. The highest BCUT2D eigenvalue weighted by atomic mass is 16.1. The summed E-state index contributed by atoms with van der Waals surface area (Å²) in [7, 11) is 0. The van der Waals surface area contributed by atoms with Crippen LogP contribution < -0.4 is 10.9 Å². The lowest BCUT2D eigenvalue weighted by Gasteiger charge is -2.17. The van der Waals surface area contributed by atoms with Gasteiger partial charge >= 0.3 is 0 Å². The van der Waals surface area contributed by atoms with Crippen LogP contribution in [0.3, 0.4) is 0 Å². The van der Waals surface area contributed by atoms with E-state index in [0.29, 0.717) is 0 Å². The maximum atomic E-state index is 11.8. The highest BCUT2D eigenvalue weighted by molar-refractivity contribution is 5.81. The molecule has 0 saturated carbocycles. The molecule has 1 aliphatic rings. The molecule has 0 amide bonds. The second-order valence-electron chi connectivity index (χ2n) is 4.61. The van der Waals surface area contributed by atoms with Gasteiger partial charge in [-0.3, -0.25) is 4.79 Å². The normalized spacial score (nSPS) is 14.9. The zero-order chi connectivity index (χ0) is 11.8. The molecular weight excluding hydrogens is 212 g/mol. The molecule has 2 N–H and O–H groups in total. The summed E-state index contributed by atoms with van der Waals surface area (Å²) in [5.74, 6) is 0. The lowest BCUT2D eigenvalue weighted by molar-refractivity contribution is 0.645. The summed E-state index contributed by atoms with van der Waals surface area (Å²) < 4.78 is 0. The third-order valence-electron chi connectivity index (χ3n) is 3.51. The molecule has 17 heavy (non-hydrogen) atoms. The van der Waals surface area contributed by atoms with Crippen LogP contribution in [0.2, 0.25) is 0 Å². The minimum atomic E-state index is 0.0451. The van der Waals surface area contributed by atoms with E-state index in [1.54, 1.807) is 0 Å². The van der Waals surface area contributed by atoms with Gasteiger partial charge in [0.1, 0.15) is 0 Å². The van der Waals surface area contributed by atoms with Gasteiger partial charge in [-0.2, -0.15) is 0 Å². The molecule has 0 fully saturated rings. The van der Waals surface area contributed by atoms with Crippen molar-refractivity contribution < 1.29 is 0 Å². The van der Waals surface area contributed by atoms with Crippen molar-refractivity contribution in [3.63, 3.8) is 0 Å². The minimum absolute atomic E-state index is 0.0451. The summed E-state index contributed by atoms with van der Waals surface area (Å²) in [6.07, 6.45) is 1.86. The first-order valence-corrected chi connectivity index (χ1v) is 6.16. The fourth-order valence-electron chi connectivity index (χ4n) is 2.50. The van der Waals surface area contributed by atoms with Crippen LogP contribution in [-0.4, -0.2) is 11.5 Å². The molecule has 3 rings (SSSR count). The summed E-state index contributed by atoms with van der Waals surface area (Å²) >= 11 is 0. The fourth-order valence-corrected chi connectivity index (χ4v) is 2.50. The Hall–Kier alpha value is -1.61. The number of benzene rings is 1. The van der Waals surface area contributed by atoms with Gasteiger partial charge in [0.15, 0.2) is 0 Å². The molecule has 1 aromatic carbocycles. The molecule has 0 radical (unpaired) electrons. The second kappa shape index (κ2) is 4.00. The smallest absolute Gasteiger partial charge is 0.251 e. The molecule has 2 aromatic rings. The van der Waals surface area contributed by atoms with Crippen LogP contribution in [0.4, 0.5) is 0 Å². The molecule has 1 aliphatic heterocycles.